The molecule has 0 aromatic heterocycles. The maximum absolute atomic E-state index is 11.5. The van der Waals surface area contributed by atoms with E-state index in [2.05, 4.69) is 19.2 Å². The maximum atomic E-state index is 11.5. The minimum atomic E-state index is -0.300. The summed E-state index contributed by atoms with van der Waals surface area (Å²) >= 11 is 0. The number of nitrogens with one attached hydrogen (secondary N) is 1. The molecule has 1 rings (SSSR count). The van der Waals surface area contributed by atoms with E-state index in [-0.39, 0.29) is 11.9 Å². The molecule has 14 heavy (non-hydrogen) atoms. The highest BCUT2D eigenvalue weighted by Gasteiger charge is 2.27. The summed E-state index contributed by atoms with van der Waals surface area (Å²) in [4.78, 5) is 11.5. The van der Waals surface area contributed by atoms with Gasteiger partial charge in [-0.05, 0) is 25.2 Å². The summed E-state index contributed by atoms with van der Waals surface area (Å²) < 4.78 is 0. The zero-order valence-corrected chi connectivity index (χ0v) is 9.25. The van der Waals surface area contributed by atoms with Crippen molar-refractivity contribution < 1.29 is 4.79 Å². The van der Waals surface area contributed by atoms with E-state index < -0.39 is 0 Å². The molecule has 0 saturated heterocycles. The molecule has 0 aromatic carbocycles. The van der Waals surface area contributed by atoms with Gasteiger partial charge in [-0.1, -0.05) is 26.7 Å². The molecule has 0 spiro atoms. The van der Waals surface area contributed by atoms with E-state index in [0.29, 0.717) is 6.04 Å². The summed E-state index contributed by atoms with van der Waals surface area (Å²) in [6.45, 7) is 4.32. The largest absolute Gasteiger partial charge is 0.352 e. The second-order valence-corrected chi connectivity index (χ2v) is 4.53. The van der Waals surface area contributed by atoms with Gasteiger partial charge in [-0.2, -0.15) is 0 Å². The Bertz CT molecular complexity index is 188. The van der Waals surface area contributed by atoms with E-state index in [9.17, 15) is 4.79 Å². The van der Waals surface area contributed by atoms with Gasteiger partial charge in [0.2, 0.25) is 5.91 Å². The van der Waals surface area contributed by atoms with Crippen molar-refractivity contribution in [2.45, 2.75) is 58.0 Å². The van der Waals surface area contributed by atoms with Gasteiger partial charge in [0.1, 0.15) is 0 Å². The van der Waals surface area contributed by atoms with Gasteiger partial charge in [0.15, 0.2) is 0 Å². The molecule has 1 aliphatic carbocycles. The highest BCUT2D eigenvalue weighted by Crippen LogP contribution is 2.26. The Balaban J connectivity index is 2.14. The highest BCUT2D eigenvalue weighted by atomic mass is 16.2. The van der Waals surface area contributed by atoms with Crippen molar-refractivity contribution in [3.8, 4) is 0 Å². The second-order valence-electron chi connectivity index (χ2n) is 4.53. The first-order valence-corrected chi connectivity index (χ1v) is 5.69. The second kappa shape index (κ2) is 5.35. The topological polar surface area (TPSA) is 55.1 Å². The maximum Gasteiger partial charge on any atom is 0.237 e. The molecule has 0 aromatic rings. The molecule has 3 N–H and O–H groups in total. The van der Waals surface area contributed by atoms with E-state index in [1.807, 2.05) is 0 Å². The quantitative estimate of drug-likeness (QED) is 0.702. The van der Waals surface area contributed by atoms with Crippen LogP contribution in [0.1, 0.15) is 46.0 Å². The van der Waals surface area contributed by atoms with Crippen LogP contribution in [-0.4, -0.2) is 18.0 Å². The van der Waals surface area contributed by atoms with Crippen molar-refractivity contribution in [3.63, 3.8) is 0 Å². The first-order valence-electron chi connectivity index (χ1n) is 5.69. The van der Waals surface area contributed by atoms with Crippen LogP contribution in [0.2, 0.25) is 0 Å². The average Bonchev–Trinajstić information content (AvgIpc) is 2.11. The summed E-state index contributed by atoms with van der Waals surface area (Å²) in [6, 6.07) is 0.0935. The standard InChI is InChI=1S/C11H22N2O/c1-3-4-5-10(12)11(14)13-9-6-8(2)7-9/h8-10H,3-7,12H2,1-2H3,(H,13,14)/t8?,9?,10-/m0/s1. The molecule has 0 bridgehead atoms. The predicted octanol–water partition coefficient (Wildman–Crippen LogP) is 1.42. The van der Waals surface area contributed by atoms with E-state index in [4.69, 9.17) is 5.73 Å². The number of unbranched alkanes of at least 4 members (excludes halogenated alkanes) is 1. The molecule has 82 valence electrons. The van der Waals surface area contributed by atoms with Crippen LogP contribution in [0.4, 0.5) is 0 Å². The lowest BCUT2D eigenvalue weighted by molar-refractivity contribution is -0.124. The summed E-state index contributed by atoms with van der Waals surface area (Å²) in [7, 11) is 0. The van der Waals surface area contributed by atoms with Gasteiger partial charge in [-0.15, -0.1) is 0 Å². The first kappa shape index (κ1) is 11.5. The van der Waals surface area contributed by atoms with Crippen LogP contribution >= 0.6 is 0 Å². The third-order valence-corrected chi connectivity index (χ3v) is 2.93. The zero-order valence-electron chi connectivity index (χ0n) is 9.25. The van der Waals surface area contributed by atoms with Crippen LogP contribution in [0.15, 0.2) is 0 Å². The van der Waals surface area contributed by atoms with E-state index in [1.54, 1.807) is 0 Å². The monoisotopic (exact) mass is 198 g/mol. The molecular formula is C11H22N2O. The van der Waals surface area contributed by atoms with Crippen LogP contribution in [0, 0.1) is 5.92 Å². The number of carbonyl (C=O) groups is 1. The van der Waals surface area contributed by atoms with Crippen molar-refractivity contribution in [1.82, 2.24) is 5.32 Å². The fourth-order valence-electron chi connectivity index (χ4n) is 1.88. The smallest absolute Gasteiger partial charge is 0.237 e. The zero-order chi connectivity index (χ0) is 10.6. The number of nitrogens with two attached hydrogens (primary N) is 1. The van der Waals surface area contributed by atoms with Gasteiger partial charge < -0.3 is 11.1 Å². The third kappa shape index (κ3) is 3.29. The van der Waals surface area contributed by atoms with Crippen molar-refractivity contribution in [2.75, 3.05) is 0 Å². The van der Waals surface area contributed by atoms with E-state index in [1.165, 1.54) is 0 Å². The predicted molar refractivity (Wildman–Crippen MR) is 57.8 cm³/mol. The van der Waals surface area contributed by atoms with Crippen LogP contribution < -0.4 is 11.1 Å². The molecule has 0 aliphatic heterocycles. The fourth-order valence-corrected chi connectivity index (χ4v) is 1.88. The molecule has 1 amide bonds. The molecule has 1 saturated carbocycles. The van der Waals surface area contributed by atoms with E-state index >= 15 is 0 Å². The molecule has 1 atom stereocenters. The Kier molecular flexibility index (Phi) is 4.39. The SMILES string of the molecule is CCCC[C@H](N)C(=O)NC1CC(C)C1. The highest BCUT2D eigenvalue weighted by molar-refractivity contribution is 5.81. The molecule has 0 radical (unpaired) electrons. The Labute approximate surface area is 86.4 Å². The lowest BCUT2D eigenvalue weighted by Gasteiger charge is -2.33. The van der Waals surface area contributed by atoms with Gasteiger partial charge in [0, 0.05) is 6.04 Å². The van der Waals surface area contributed by atoms with Crippen LogP contribution in [-0.2, 0) is 4.79 Å². The number of rotatable bonds is 5. The Morgan fingerprint density at radius 3 is 2.71 bits per heavy atom. The van der Waals surface area contributed by atoms with Crippen LogP contribution in [0.5, 0.6) is 0 Å². The van der Waals surface area contributed by atoms with Crippen LogP contribution in [0.3, 0.4) is 0 Å². The average molecular weight is 198 g/mol. The molecule has 1 fully saturated rings. The number of amides is 1. The van der Waals surface area contributed by atoms with Crippen molar-refractivity contribution in [2.24, 2.45) is 11.7 Å². The van der Waals surface area contributed by atoms with Crippen LogP contribution in [0.25, 0.3) is 0 Å². The molecule has 3 heteroatoms. The first-order chi connectivity index (χ1) is 6.63. The lowest BCUT2D eigenvalue weighted by Crippen LogP contribution is -2.49. The Morgan fingerprint density at radius 1 is 1.57 bits per heavy atom. The molecule has 0 unspecified atom stereocenters. The molecule has 0 heterocycles. The number of hydrogen-bond acceptors (Lipinski definition) is 2. The summed E-state index contributed by atoms with van der Waals surface area (Å²) in [5, 5.41) is 2.99. The van der Waals surface area contributed by atoms with Gasteiger partial charge in [-0.25, -0.2) is 0 Å². The minimum Gasteiger partial charge on any atom is -0.352 e. The van der Waals surface area contributed by atoms with Crippen molar-refractivity contribution >= 4 is 5.91 Å². The molecule has 3 nitrogen and oxygen atoms in total. The van der Waals surface area contributed by atoms with Crippen molar-refractivity contribution in [1.29, 1.82) is 0 Å². The Hall–Kier alpha value is -0.570. The lowest BCUT2D eigenvalue weighted by atomic mass is 9.82. The number of hydrogen-bond donors (Lipinski definition) is 2. The molecule has 1 aliphatic rings. The van der Waals surface area contributed by atoms with Crippen molar-refractivity contribution in [3.05, 3.63) is 0 Å². The minimum absolute atomic E-state index is 0.0374. The summed E-state index contributed by atoms with van der Waals surface area (Å²) in [5.74, 6) is 0.808. The summed E-state index contributed by atoms with van der Waals surface area (Å²) in [6.07, 6.45) is 5.18. The Morgan fingerprint density at radius 2 is 2.21 bits per heavy atom. The molecular weight excluding hydrogens is 176 g/mol. The number of carbonyl (C=O) groups excluding carboxylic acids is 1. The van der Waals surface area contributed by atoms with Gasteiger partial charge in [0.05, 0.1) is 6.04 Å². The van der Waals surface area contributed by atoms with E-state index in [0.717, 1.165) is 38.0 Å². The normalized spacial score (nSPS) is 27.9. The third-order valence-electron chi connectivity index (χ3n) is 2.93. The van der Waals surface area contributed by atoms with Gasteiger partial charge >= 0.3 is 0 Å². The fraction of sp³-hybridized carbons (Fsp3) is 0.909. The van der Waals surface area contributed by atoms with Gasteiger partial charge in [0.25, 0.3) is 0 Å². The summed E-state index contributed by atoms with van der Waals surface area (Å²) in [5.41, 5.74) is 5.75. The van der Waals surface area contributed by atoms with Gasteiger partial charge in [-0.3, -0.25) is 4.79 Å².